The summed E-state index contributed by atoms with van der Waals surface area (Å²) in [5.74, 6) is 0.659. The molecule has 5 nitrogen and oxygen atoms in total. The molecule has 0 atom stereocenters. The van der Waals surface area contributed by atoms with E-state index in [4.69, 9.17) is 9.47 Å². The number of methoxy groups -OCH3 is 1. The molecule has 35 heavy (non-hydrogen) atoms. The third-order valence-electron chi connectivity index (χ3n) is 5.77. The molecule has 4 aromatic rings. The Labute approximate surface area is 205 Å². The standard InChI is InChI=1S/C30H26N2O3/c1-3-21-11-14-26(15-12-21)32-30(33)25(19-31)17-23-13-16-27(34-2)18-29(23)35-20-24-9-6-8-22-7-4-5-10-28(22)24/h4-18H,3,20H2,1-2H3,(H,32,33)/b25-17+. The minimum atomic E-state index is -0.479. The Morgan fingerprint density at radius 3 is 2.51 bits per heavy atom. The molecule has 0 radical (unpaired) electrons. The summed E-state index contributed by atoms with van der Waals surface area (Å²) in [5, 5.41) is 14.7. The van der Waals surface area contributed by atoms with E-state index in [1.807, 2.05) is 54.6 Å². The van der Waals surface area contributed by atoms with Crippen molar-refractivity contribution in [3.63, 3.8) is 0 Å². The van der Waals surface area contributed by atoms with Gasteiger partial charge in [0.1, 0.15) is 29.7 Å². The number of nitrogens with zero attached hydrogens (tertiary/aromatic N) is 1. The summed E-state index contributed by atoms with van der Waals surface area (Å²) >= 11 is 0. The zero-order valence-corrected chi connectivity index (χ0v) is 19.7. The number of rotatable bonds is 8. The van der Waals surface area contributed by atoms with Crippen LogP contribution in [0.4, 0.5) is 5.69 Å². The minimum Gasteiger partial charge on any atom is -0.497 e. The average Bonchev–Trinajstić information content (AvgIpc) is 2.91. The molecular weight excluding hydrogens is 436 g/mol. The van der Waals surface area contributed by atoms with Gasteiger partial charge in [-0.3, -0.25) is 4.79 Å². The maximum absolute atomic E-state index is 12.8. The quantitative estimate of drug-likeness (QED) is 0.239. The van der Waals surface area contributed by atoms with Gasteiger partial charge in [-0.1, -0.05) is 61.5 Å². The maximum atomic E-state index is 12.8. The lowest BCUT2D eigenvalue weighted by atomic mass is 10.1. The second-order valence-corrected chi connectivity index (χ2v) is 8.01. The molecule has 1 amide bonds. The molecule has 0 saturated heterocycles. The fraction of sp³-hybridized carbons (Fsp3) is 0.133. The number of amides is 1. The van der Waals surface area contributed by atoms with E-state index in [0.717, 1.165) is 22.8 Å². The van der Waals surface area contributed by atoms with Crippen LogP contribution in [0.5, 0.6) is 11.5 Å². The molecule has 0 aliphatic rings. The Kier molecular flexibility index (Phi) is 7.44. The highest BCUT2D eigenvalue weighted by atomic mass is 16.5. The van der Waals surface area contributed by atoms with Crippen molar-refractivity contribution in [2.45, 2.75) is 20.0 Å². The smallest absolute Gasteiger partial charge is 0.266 e. The first-order valence-electron chi connectivity index (χ1n) is 11.4. The number of aryl methyl sites for hydroxylation is 1. The fourth-order valence-corrected chi connectivity index (χ4v) is 3.79. The van der Waals surface area contributed by atoms with Crippen LogP contribution in [-0.2, 0) is 17.8 Å². The molecule has 0 spiro atoms. The van der Waals surface area contributed by atoms with E-state index in [0.29, 0.717) is 29.4 Å². The van der Waals surface area contributed by atoms with Crippen LogP contribution in [-0.4, -0.2) is 13.0 Å². The lowest BCUT2D eigenvalue weighted by Crippen LogP contribution is -2.13. The third kappa shape index (κ3) is 5.69. The molecule has 4 aromatic carbocycles. The van der Waals surface area contributed by atoms with Gasteiger partial charge < -0.3 is 14.8 Å². The summed E-state index contributed by atoms with van der Waals surface area (Å²) in [6.07, 6.45) is 2.45. The van der Waals surface area contributed by atoms with E-state index in [9.17, 15) is 10.1 Å². The van der Waals surface area contributed by atoms with Crippen molar-refractivity contribution in [1.29, 1.82) is 5.26 Å². The maximum Gasteiger partial charge on any atom is 0.266 e. The molecule has 0 bridgehead atoms. The van der Waals surface area contributed by atoms with E-state index in [1.54, 1.807) is 25.3 Å². The number of anilines is 1. The van der Waals surface area contributed by atoms with Crippen LogP contribution in [0.3, 0.4) is 0 Å². The second-order valence-electron chi connectivity index (χ2n) is 8.01. The average molecular weight is 463 g/mol. The van der Waals surface area contributed by atoms with Gasteiger partial charge in [0.15, 0.2) is 0 Å². The van der Waals surface area contributed by atoms with Gasteiger partial charge in [0.2, 0.25) is 0 Å². The molecule has 5 heteroatoms. The van der Waals surface area contributed by atoms with Crippen LogP contribution in [0.1, 0.15) is 23.6 Å². The lowest BCUT2D eigenvalue weighted by Gasteiger charge is -2.13. The Bertz CT molecular complexity index is 1410. The largest absolute Gasteiger partial charge is 0.497 e. The number of hydrogen-bond donors (Lipinski definition) is 1. The van der Waals surface area contributed by atoms with Crippen molar-refractivity contribution >= 4 is 28.4 Å². The lowest BCUT2D eigenvalue weighted by molar-refractivity contribution is -0.112. The van der Waals surface area contributed by atoms with Crippen LogP contribution in [0.25, 0.3) is 16.8 Å². The summed E-state index contributed by atoms with van der Waals surface area (Å²) in [6.45, 7) is 2.39. The molecule has 0 aliphatic heterocycles. The summed E-state index contributed by atoms with van der Waals surface area (Å²) in [6, 6.07) is 29.1. The van der Waals surface area contributed by atoms with Gasteiger partial charge in [-0.15, -0.1) is 0 Å². The fourth-order valence-electron chi connectivity index (χ4n) is 3.79. The van der Waals surface area contributed by atoms with Crippen LogP contribution in [0.2, 0.25) is 0 Å². The van der Waals surface area contributed by atoms with Crippen LogP contribution in [0.15, 0.2) is 90.5 Å². The molecule has 1 N–H and O–H groups in total. The number of hydrogen-bond acceptors (Lipinski definition) is 4. The van der Waals surface area contributed by atoms with Gasteiger partial charge in [0.05, 0.1) is 7.11 Å². The summed E-state index contributed by atoms with van der Waals surface area (Å²) < 4.78 is 11.5. The van der Waals surface area contributed by atoms with Gasteiger partial charge in [0, 0.05) is 17.3 Å². The summed E-state index contributed by atoms with van der Waals surface area (Å²) in [5.41, 5.74) is 3.43. The zero-order valence-electron chi connectivity index (χ0n) is 19.7. The van der Waals surface area contributed by atoms with Gasteiger partial charge in [-0.05, 0) is 58.7 Å². The molecule has 0 unspecified atom stereocenters. The molecule has 0 aliphatic carbocycles. The van der Waals surface area contributed by atoms with Crippen molar-refractivity contribution in [3.05, 3.63) is 107 Å². The molecule has 0 heterocycles. The van der Waals surface area contributed by atoms with E-state index in [-0.39, 0.29) is 5.57 Å². The van der Waals surface area contributed by atoms with E-state index in [1.165, 1.54) is 11.6 Å². The predicted octanol–water partition coefficient (Wildman–Crippen LogP) is 6.54. The van der Waals surface area contributed by atoms with E-state index >= 15 is 0 Å². The van der Waals surface area contributed by atoms with Crippen LogP contribution in [0, 0.1) is 11.3 Å². The number of nitriles is 1. The number of benzene rings is 4. The highest BCUT2D eigenvalue weighted by molar-refractivity contribution is 6.09. The predicted molar refractivity (Wildman–Crippen MR) is 139 cm³/mol. The Morgan fingerprint density at radius 1 is 1.00 bits per heavy atom. The first-order valence-corrected chi connectivity index (χ1v) is 11.4. The molecule has 4 rings (SSSR count). The normalized spacial score (nSPS) is 11.1. The van der Waals surface area contributed by atoms with E-state index in [2.05, 4.69) is 30.4 Å². The number of carbonyl (C=O) groups is 1. The first-order chi connectivity index (χ1) is 17.1. The van der Waals surface area contributed by atoms with Crippen molar-refractivity contribution in [2.24, 2.45) is 0 Å². The van der Waals surface area contributed by atoms with Gasteiger partial charge >= 0.3 is 0 Å². The highest BCUT2D eigenvalue weighted by Gasteiger charge is 2.13. The Morgan fingerprint density at radius 2 is 1.77 bits per heavy atom. The van der Waals surface area contributed by atoms with Crippen molar-refractivity contribution in [2.75, 3.05) is 12.4 Å². The number of fused-ring (bicyclic) bond motifs is 1. The minimum absolute atomic E-state index is 0.0234. The first kappa shape index (κ1) is 23.6. The topological polar surface area (TPSA) is 71.4 Å². The van der Waals surface area contributed by atoms with Gasteiger partial charge in [-0.2, -0.15) is 5.26 Å². The zero-order chi connectivity index (χ0) is 24.6. The van der Waals surface area contributed by atoms with Crippen LogP contribution >= 0.6 is 0 Å². The van der Waals surface area contributed by atoms with Crippen molar-refractivity contribution < 1.29 is 14.3 Å². The SMILES string of the molecule is CCc1ccc(NC(=O)/C(C#N)=C/c2ccc(OC)cc2OCc2cccc3ccccc23)cc1. The molecular formula is C30H26N2O3. The number of nitrogens with one attached hydrogen (secondary N) is 1. The number of carbonyl (C=O) groups excluding carboxylic acids is 1. The third-order valence-corrected chi connectivity index (χ3v) is 5.77. The summed E-state index contributed by atoms with van der Waals surface area (Å²) in [7, 11) is 1.58. The molecule has 0 saturated carbocycles. The van der Waals surface area contributed by atoms with E-state index < -0.39 is 5.91 Å². The number of ether oxygens (including phenoxy) is 2. The molecule has 0 aromatic heterocycles. The van der Waals surface area contributed by atoms with Gasteiger partial charge in [0.25, 0.3) is 5.91 Å². The summed E-state index contributed by atoms with van der Waals surface area (Å²) in [4.78, 5) is 12.8. The monoisotopic (exact) mass is 462 g/mol. The molecule has 174 valence electrons. The van der Waals surface area contributed by atoms with Crippen molar-refractivity contribution in [3.8, 4) is 17.6 Å². The highest BCUT2D eigenvalue weighted by Crippen LogP contribution is 2.29. The Balaban J connectivity index is 1.59. The Hall–Kier alpha value is -4.56. The van der Waals surface area contributed by atoms with Crippen LogP contribution < -0.4 is 14.8 Å². The molecule has 0 fully saturated rings. The second kappa shape index (κ2) is 11.0. The van der Waals surface area contributed by atoms with Gasteiger partial charge in [-0.25, -0.2) is 0 Å². The van der Waals surface area contributed by atoms with Crippen molar-refractivity contribution in [1.82, 2.24) is 0 Å².